The first-order valence-corrected chi connectivity index (χ1v) is 4.79. The molecule has 5 nitrogen and oxygen atoms in total. The predicted molar refractivity (Wildman–Crippen MR) is 45.2 cm³/mol. The van der Waals surface area contributed by atoms with Crippen molar-refractivity contribution in [2.45, 2.75) is 0 Å². The van der Waals surface area contributed by atoms with Crippen molar-refractivity contribution >= 4 is 33.5 Å². The van der Waals surface area contributed by atoms with Gasteiger partial charge < -0.3 is 16.4 Å². The second-order valence-electron chi connectivity index (χ2n) is 1.31. The quantitative estimate of drug-likeness (QED) is 0.441. The monoisotopic (exact) mass is 199 g/mol. The third kappa shape index (κ3) is 12.7. The average molecular weight is 199 g/mol. The van der Waals surface area contributed by atoms with E-state index in [1.165, 1.54) is 0 Å². The minimum absolute atomic E-state index is 0. The first-order chi connectivity index (χ1) is 4.63. The van der Waals surface area contributed by atoms with Crippen molar-refractivity contribution in [3.05, 3.63) is 0 Å². The summed E-state index contributed by atoms with van der Waals surface area (Å²) >= 11 is 0. The molecule has 0 heterocycles. The summed E-state index contributed by atoms with van der Waals surface area (Å²) < 4.78 is 0. The zero-order valence-corrected chi connectivity index (χ0v) is 7.28. The zero-order chi connectivity index (χ0) is 7.98. The molecule has 0 aromatic rings. The summed E-state index contributed by atoms with van der Waals surface area (Å²) in [7, 11) is 2.05. The van der Waals surface area contributed by atoms with E-state index >= 15 is 0 Å². The summed E-state index contributed by atoms with van der Waals surface area (Å²) in [5.41, 5.74) is 0. The number of carboxylic acid groups (broad SMARTS) is 2. The first-order valence-electron chi connectivity index (χ1n) is 2.31. The molecule has 0 atom stereocenters. The van der Waals surface area contributed by atoms with E-state index in [2.05, 4.69) is 0 Å². The average Bonchev–Trinajstić information content (AvgIpc) is 1.79. The molecule has 0 unspecified atom stereocenters. The topological polar surface area (TPSA) is 110 Å². The van der Waals surface area contributed by atoms with Gasteiger partial charge in [0.25, 0.3) is 0 Å². The summed E-state index contributed by atoms with van der Waals surface area (Å²) in [4.78, 5) is 19.7. The highest BCUT2D eigenvalue weighted by Gasteiger charge is 2.00. The molecule has 0 saturated heterocycles. The van der Waals surface area contributed by atoms with Crippen LogP contribution in [-0.2, 0) is 9.59 Å². The third-order valence-electron chi connectivity index (χ3n) is 0.448. The smallest absolute Gasteiger partial charge is 0.314 e. The van der Waals surface area contributed by atoms with Crippen molar-refractivity contribution in [1.29, 1.82) is 0 Å². The van der Waals surface area contributed by atoms with Crippen LogP contribution in [0, 0.1) is 0 Å². The minimum atomic E-state index is -0.928. The van der Waals surface area contributed by atoms with Crippen LogP contribution in [0.5, 0.6) is 0 Å². The van der Waals surface area contributed by atoms with Gasteiger partial charge in [0.15, 0.2) is 0 Å². The van der Waals surface area contributed by atoms with Gasteiger partial charge >= 0.3 is 11.9 Å². The van der Waals surface area contributed by atoms with Gasteiger partial charge in [-0.05, 0) is 0 Å². The molecule has 0 aromatic carbocycles. The maximum atomic E-state index is 9.86. The Hall–Kier alpha value is -0.400. The molecule has 11 heavy (non-hydrogen) atoms. The van der Waals surface area contributed by atoms with E-state index < -0.39 is 11.9 Å². The molecular formula is C4H9NO4S2. The molecular weight excluding hydrogens is 190 g/mol. The lowest BCUT2D eigenvalue weighted by atomic mass is 10.8. The Kier molecular flexibility index (Phi) is 9.25. The molecule has 0 aromatic heterocycles. The van der Waals surface area contributed by atoms with Crippen LogP contribution in [0.4, 0.5) is 0 Å². The van der Waals surface area contributed by atoms with E-state index in [-0.39, 0.29) is 17.7 Å². The fraction of sp³-hybridized carbons (Fsp3) is 0.500. The van der Waals surface area contributed by atoms with Crippen LogP contribution in [0.15, 0.2) is 0 Å². The molecule has 0 aliphatic carbocycles. The van der Waals surface area contributed by atoms with Crippen LogP contribution >= 0.6 is 21.6 Å². The maximum Gasteiger partial charge on any atom is 0.314 e. The van der Waals surface area contributed by atoms with Crippen molar-refractivity contribution in [3.8, 4) is 0 Å². The van der Waals surface area contributed by atoms with E-state index in [9.17, 15) is 9.59 Å². The van der Waals surface area contributed by atoms with Crippen molar-refractivity contribution < 1.29 is 19.8 Å². The molecule has 0 bridgehead atoms. The van der Waals surface area contributed by atoms with E-state index in [0.717, 1.165) is 21.6 Å². The van der Waals surface area contributed by atoms with Gasteiger partial charge in [0.1, 0.15) is 11.5 Å². The lowest BCUT2D eigenvalue weighted by molar-refractivity contribution is -0.135. The van der Waals surface area contributed by atoms with Crippen molar-refractivity contribution in [2.75, 3.05) is 11.5 Å². The van der Waals surface area contributed by atoms with Gasteiger partial charge in [-0.15, -0.1) is 0 Å². The molecule has 0 amide bonds. The van der Waals surface area contributed by atoms with Gasteiger partial charge in [-0.2, -0.15) is 0 Å². The van der Waals surface area contributed by atoms with Gasteiger partial charge in [0, 0.05) is 0 Å². The maximum absolute atomic E-state index is 9.86. The molecule has 7 heteroatoms. The number of carboxylic acids is 2. The van der Waals surface area contributed by atoms with Gasteiger partial charge in [-0.25, -0.2) is 0 Å². The van der Waals surface area contributed by atoms with Crippen molar-refractivity contribution in [3.63, 3.8) is 0 Å². The van der Waals surface area contributed by atoms with E-state index in [1.807, 2.05) is 0 Å². The molecule has 0 aliphatic rings. The van der Waals surface area contributed by atoms with Crippen LogP contribution in [0.25, 0.3) is 0 Å². The molecule has 5 N–H and O–H groups in total. The second kappa shape index (κ2) is 7.70. The van der Waals surface area contributed by atoms with Crippen molar-refractivity contribution in [1.82, 2.24) is 6.15 Å². The highest BCUT2D eigenvalue weighted by atomic mass is 33.1. The summed E-state index contributed by atoms with van der Waals surface area (Å²) in [6, 6.07) is 0. The Morgan fingerprint density at radius 3 is 1.45 bits per heavy atom. The number of hydrogen-bond acceptors (Lipinski definition) is 5. The third-order valence-corrected chi connectivity index (χ3v) is 2.55. The highest BCUT2D eigenvalue weighted by molar-refractivity contribution is 8.77. The standard InChI is InChI=1S/C4H6O4S2.H3N/c5-3(6)1-9-10-2-4(7)8;/h1-2H2,(H,5,6)(H,7,8);1H3. The van der Waals surface area contributed by atoms with Gasteiger partial charge in [0.05, 0.1) is 0 Å². The fourth-order valence-electron chi connectivity index (χ4n) is 0.184. The fourth-order valence-corrected chi connectivity index (χ4v) is 1.66. The van der Waals surface area contributed by atoms with Crippen LogP contribution < -0.4 is 6.15 Å². The van der Waals surface area contributed by atoms with E-state index in [0.29, 0.717) is 0 Å². The molecule has 0 radical (unpaired) electrons. The number of carbonyl (C=O) groups is 2. The van der Waals surface area contributed by atoms with Gasteiger partial charge in [0.2, 0.25) is 0 Å². The van der Waals surface area contributed by atoms with Crippen LogP contribution in [-0.4, -0.2) is 33.7 Å². The molecule has 0 aliphatic heterocycles. The summed E-state index contributed by atoms with van der Waals surface area (Å²) in [6.07, 6.45) is 0. The lowest BCUT2D eigenvalue weighted by Crippen LogP contribution is -1.99. The van der Waals surface area contributed by atoms with Crippen molar-refractivity contribution in [2.24, 2.45) is 0 Å². The van der Waals surface area contributed by atoms with E-state index in [4.69, 9.17) is 10.2 Å². The lowest BCUT2D eigenvalue weighted by Gasteiger charge is -1.91. The summed E-state index contributed by atoms with van der Waals surface area (Å²) in [5.74, 6) is -1.97. The van der Waals surface area contributed by atoms with E-state index in [1.54, 1.807) is 0 Å². The normalized spacial score (nSPS) is 8.36. The number of hydrogen-bond donors (Lipinski definition) is 3. The Labute approximate surface area is 71.5 Å². The first kappa shape index (κ1) is 13.2. The zero-order valence-electron chi connectivity index (χ0n) is 5.65. The molecule has 0 fully saturated rings. The van der Waals surface area contributed by atoms with Gasteiger partial charge in [-0.3, -0.25) is 9.59 Å². The predicted octanol–water partition coefficient (Wildman–Crippen LogP) is 0.699. The number of aliphatic carboxylic acids is 2. The Morgan fingerprint density at radius 1 is 1.00 bits per heavy atom. The Bertz CT molecular complexity index is 124. The molecule has 0 rings (SSSR count). The van der Waals surface area contributed by atoms with Crippen LogP contribution in [0.2, 0.25) is 0 Å². The summed E-state index contributed by atoms with van der Waals surface area (Å²) in [5, 5.41) is 16.2. The molecule has 0 spiro atoms. The van der Waals surface area contributed by atoms with Crippen LogP contribution in [0.3, 0.4) is 0 Å². The highest BCUT2D eigenvalue weighted by Crippen LogP contribution is 2.19. The summed E-state index contributed by atoms with van der Waals surface area (Å²) in [6.45, 7) is 0. The molecule has 66 valence electrons. The van der Waals surface area contributed by atoms with Gasteiger partial charge in [-0.1, -0.05) is 21.6 Å². The Morgan fingerprint density at radius 2 is 1.27 bits per heavy atom. The second-order valence-corrected chi connectivity index (χ2v) is 3.77. The number of rotatable bonds is 5. The minimum Gasteiger partial charge on any atom is -0.481 e. The Balaban J connectivity index is 0. The largest absolute Gasteiger partial charge is 0.481 e. The van der Waals surface area contributed by atoms with Crippen LogP contribution in [0.1, 0.15) is 0 Å². The SMILES string of the molecule is N.O=C(O)CSSCC(=O)O. The molecule has 0 saturated carbocycles.